The second-order valence-electron chi connectivity index (χ2n) is 3.39. The van der Waals surface area contributed by atoms with Gasteiger partial charge in [-0.25, -0.2) is 0 Å². The normalized spacial score (nSPS) is 10.4. The fourth-order valence-electron chi connectivity index (χ4n) is 1.06. The van der Waals surface area contributed by atoms with Crippen LogP contribution in [0.5, 0.6) is 0 Å². The molecule has 3 nitrogen and oxygen atoms in total. The number of nitrogens with zero attached hydrogens (tertiary/aromatic N) is 2. The lowest BCUT2D eigenvalue weighted by molar-refractivity contribution is -0.143. The molecule has 1 amide bonds. The van der Waals surface area contributed by atoms with E-state index in [4.69, 9.17) is 5.26 Å². The van der Waals surface area contributed by atoms with Gasteiger partial charge in [0.25, 0.3) is 5.91 Å². The van der Waals surface area contributed by atoms with E-state index in [9.17, 15) is 13.6 Å². The number of carbonyl (C=O) groups excluding carboxylic acids is 1. The Morgan fingerprint density at radius 3 is 2.43 bits per heavy atom. The number of alkyl halides is 2. The minimum atomic E-state index is -2.98. The van der Waals surface area contributed by atoms with Crippen molar-refractivity contribution in [1.82, 2.24) is 4.90 Å². The van der Waals surface area contributed by atoms with Gasteiger partial charge in [0.05, 0.1) is 12.5 Å². The molecule has 0 radical (unpaired) electrons. The van der Waals surface area contributed by atoms with Crippen LogP contribution in [-0.4, -0.2) is 30.3 Å². The number of hydrogen-bond donors (Lipinski definition) is 0. The summed E-state index contributed by atoms with van der Waals surface area (Å²) in [5.41, 5.74) is 0. The van der Waals surface area contributed by atoms with Gasteiger partial charge in [0.15, 0.2) is 0 Å². The standard InChI is InChI=1S/C9H14F2N2O/c1-7(2)6-13(5-3-4-12)9(14)8(10)11/h7-8H,3,5-6H2,1-2H3. The molecule has 0 heterocycles. The number of carbonyl (C=O) groups is 1. The van der Waals surface area contributed by atoms with Crippen molar-refractivity contribution in [2.45, 2.75) is 26.7 Å². The Kier molecular flexibility index (Phi) is 5.77. The largest absolute Gasteiger partial charge is 0.336 e. The zero-order chi connectivity index (χ0) is 11.1. The van der Waals surface area contributed by atoms with E-state index in [1.165, 1.54) is 0 Å². The van der Waals surface area contributed by atoms with Gasteiger partial charge in [-0.05, 0) is 5.92 Å². The molecular formula is C9H14F2N2O. The summed E-state index contributed by atoms with van der Waals surface area (Å²) in [7, 11) is 0. The number of halogens is 2. The van der Waals surface area contributed by atoms with Crippen LogP contribution in [0.1, 0.15) is 20.3 Å². The van der Waals surface area contributed by atoms with Crippen molar-refractivity contribution in [1.29, 1.82) is 5.26 Å². The van der Waals surface area contributed by atoms with Gasteiger partial charge in [-0.15, -0.1) is 0 Å². The summed E-state index contributed by atoms with van der Waals surface area (Å²) in [6.45, 7) is 4.01. The highest BCUT2D eigenvalue weighted by Crippen LogP contribution is 2.05. The summed E-state index contributed by atoms with van der Waals surface area (Å²) in [4.78, 5) is 12.0. The van der Waals surface area contributed by atoms with Gasteiger partial charge in [-0.2, -0.15) is 14.0 Å². The molecule has 0 atom stereocenters. The quantitative estimate of drug-likeness (QED) is 0.683. The number of hydrogen-bond acceptors (Lipinski definition) is 2. The van der Waals surface area contributed by atoms with E-state index in [0.717, 1.165) is 4.90 Å². The van der Waals surface area contributed by atoms with Gasteiger partial charge in [0.1, 0.15) is 0 Å². The third-order valence-electron chi connectivity index (χ3n) is 1.58. The molecule has 0 saturated carbocycles. The van der Waals surface area contributed by atoms with E-state index < -0.39 is 12.3 Å². The first-order chi connectivity index (χ1) is 6.49. The minimum absolute atomic E-state index is 0.0812. The van der Waals surface area contributed by atoms with Crippen molar-refractivity contribution in [3.63, 3.8) is 0 Å². The van der Waals surface area contributed by atoms with Crippen LogP contribution in [0.2, 0.25) is 0 Å². The molecule has 0 fully saturated rings. The van der Waals surface area contributed by atoms with Crippen LogP contribution in [0.3, 0.4) is 0 Å². The maximum absolute atomic E-state index is 12.1. The first-order valence-corrected chi connectivity index (χ1v) is 4.43. The van der Waals surface area contributed by atoms with Crippen LogP contribution < -0.4 is 0 Å². The Morgan fingerprint density at radius 2 is 2.07 bits per heavy atom. The van der Waals surface area contributed by atoms with E-state index in [1.54, 1.807) is 0 Å². The molecule has 14 heavy (non-hydrogen) atoms. The Balaban J connectivity index is 4.24. The molecule has 0 aromatic carbocycles. The van der Waals surface area contributed by atoms with E-state index in [2.05, 4.69) is 0 Å². The van der Waals surface area contributed by atoms with Crippen LogP contribution in [0.25, 0.3) is 0 Å². The molecule has 0 bridgehead atoms. The fraction of sp³-hybridized carbons (Fsp3) is 0.778. The van der Waals surface area contributed by atoms with Crippen LogP contribution >= 0.6 is 0 Å². The van der Waals surface area contributed by atoms with Crippen LogP contribution in [0, 0.1) is 17.2 Å². The van der Waals surface area contributed by atoms with Gasteiger partial charge in [0, 0.05) is 13.1 Å². The molecule has 5 heteroatoms. The average Bonchev–Trinajstić information content (AvgIpc) is 2.10. The second-order valence-corrected chi connectivity index (χ2v) is 3.39. The second kappa shape index (κ2) is 6.30. The van der Waals surface area contributed by atoms with Crippen molar-refractivity contribution in [3.05, 3.63) is 0 Å². The van der Waals surface area contributed by atoms with E-state index >= 15 is 0 Å². The Labute approximate surface area is 82.3 Å². The maximum Gasteiger partial charge on any atom is 0.315 e. The van der Waals surface area contributed by atoms with Crippen LogP contribution in [0.4, 0.5) is 8.78 Å². The maximum atomic E-state index is 12.1. The van der Waals surface area contributed by atoms with E-state index in [-0.39, 0.29) is 25.4 Å². The number of nitriles is 1. The average molecular weight is 204 g/mol. The Hall–Kier alpha value is -1.18. The monoisotopic (exact) mass is 204 g/mol. The molecule has 0 N–H and O–H groups in total. The molecular weight excluding hydrogens is 190 g/mol. The smallest absolute Gasteiger partial charge is 0.315 e. The summed E-state index contributed by atoms with van der Waals surface area (Å²) in [6.07, 6.45) is -2.89. The fourth-order valence-corrected chi connectivity index (χ4v) is 1.06. The lowest BCUT2D eigenvalue weighted by Crippen LogP contribution is -2.38. The molecule has 80 valence electrons. The lowest BCUT2D eigenvalue weighted by Gasteiger charge is -2.22. The third kappa shape index (κ3) is 4.75. The van der Waals surface area contributed by atoms with Crippen LogP contribution in [0.15, 0.2) is 0 Å². The summed E-state index contributed by atoms with van der Waals surface area (Å²) >= 11 is 0. The lowest BCUT2D eigenvalue weighted by atomic mass is 10.2. The highest BCUT2D eigenvalue weighted by Gasteiger charge is 2.23. The summed E-state index contributed by atoms with van der Waals surface area (Å²) in [5, 5.41) is 8.29. The van der Waals surface area contributed by atoms with Gasteiger partial charge < -0.3 is 4.90 Å². The van der Waals surface area contributed by atoms with E-state index in [0.29, 0.717) is 0 Å². The van der Waals surface area contributed by atoms with Gasteiger partial charge in [-0.1, -0.05) is 13.8 Å². The van der Waals surface area contributed by atoms with E-state index in [1.807, 2.05) is 19.9 Å². The Morgan fingerprint density at radius 1 is 1.50 bits per heavy atom. The zero-order valence-electron chi connectivity index (χ0n) is 8.33. The number of amides is 1. The minimum Gasteiger partial charge on any atom is -0.336 e. The summed E-state index contributed by atoms with van der Waals surface area (Å²) < 4.78 is 24.2. The summed E-state index contributed by atoms with van der Waals surface area (Å²) in [5.74, 6) is -1.06. The van der Waals surface area contributed by atoms with Crippen molar-refractivity contribution >= 4 is 5.91 Å². The van der Waals surface area contributed by atoms with Gasteiger partial charge in [0.2, 0.25) is 0 Å². The van der Waals surface area contributed by atoms with Gasteiger partial charge >= 0.3 is 6.43 Å². The number of rotatable bonds is 5. The first kappa shape index (κ1) is 12.8. The third-order valence-corrected chi connectivity index (χ3v) is 1.58. The summed E-state index contributed by atoms with van der Waals surface area (Å²) in [6, 6.07) is 1.83. The van der Waals surface area contributed by atoms with Crippen molar-refractivity contribution in [2.24, 2.45) is 5.92 Å². The zero-order valence-corrected chi connectivity index (χ0v) is 8.33. The molecule has 0 aromatic rings. The van der Waals surface area contributed by atoms with Crippen molar-refractivity contribution in [2.75, 3.05) is 13.1 Å². The molecule has 0 aromatic heterocycles. The molecule has 0 spiro atoms. The van der Waals surface area contributed by atoms with Crippen LogP contribution in [-0.2, 0) is 4.79 Å². The molecule has 0 rings (SSSR count). The van der Waals surface area contributed by atoms with Crippen molar-refractivity contribution < 1.29 is 13.6 Å². The molecule has 0 aliphatic heterocycles. The topological polar surface area (TPSA) is 44.1 Å². The van der Waals surface area contributed by atoms with Crippen molar-refractivity contribution in [3.8, 4) is 6.07 Å². The molecule has 0 aliphatic rings. The Bertz CT molecular complexity index is 223. The van der Waals surface area contributed by atoms with Gasteiger partial charge in [-0.3, -0.25) is 4.79 Å². The SMILES string of the molecule is CC(C)CN(CCC#N)C(=O)C(F)F. The molecule has 0 unspecified atom stereocenters. The first-order valence-electron chi connectivity index (χ1n) is 4.43. The molecule has 0 saturated heterocycles. The highest BCUT2D eigenvalue weighted by molar-refractivity contribution is 5.79. The predicted molar refractivity (Wildman–Crippen MR) is 47.7 cm³/mol. The predicted octanol–water partition coefficient (Wildman–Crippen LogP) is 1.65. The molecule has 0 aliphatic carbocycles. The highest BCUT2D eigenvalue weighted by atomic mass is 19.3.